The Bertz CT molecular complexity index is 621. The van der Waals surface area contributed by atoms with Crippen molar-refractivity contribution in [3.05, 3.63) is 66.2 Å². The van der Waals surface area contributed by atoms with Crippen LogP contribution < -0.4 is 0 Å². The molecule has 0 aliphatic heterocycles. The number of aromatic carboxylic acids is 1. The SMILES string of the molecule is O=C(O)c1ccccc1.O=S(=O)(O)c1ccccc1. The Balaban J connectivity index is 0.000000191. The summed E-state index contributed by atoms with van der Waals surface area (Å²) in [4.78, 5) is 10.1. The van der Waals surface area contributed by atoms with E-state index in [0.29, 0.717) is 5.56 Å². The number of carbonyl (C=O) groups is 1. The van der Waals surface area contributed by atoms with Crippen LogP contribution in [-0.2, 0) is 10.1 Å². The smallest absolute Gasteiger partial charge is 0.335 e. The molecule has 6 heteroatoms. The lowest BCUT2D eigenvalue weighted by Gasteiger charge is -1.92. The lowest BCUT2D eigenvalue weighted by atomic mass is 10.2. The van der Waals surface area contributed by atoms with Crippen molar-refractivity contribution in [3.8, 4) is 0 Å². The Morgan fingerprint density at radius 2 is 1.26 bits per heavy atom. The lowest BCUT2D eigenvalue weighted by Crippen LogP contribution is -1.96. The van der Waals surface area contributed by atoms with E-state index in [2.05, 4.69) is 0 Å². The molecule has 0 atom stereocenters. The van der Waals surface area contributed by atoms with Gasteiger partial charge in [-0.2, -0.15) is 8.42 Å². The van der Waals surface area contributed by atoms with E-state index in [1.165, 1.54) is 12.1 Å². The molecule has 2 aromatic carbocycles. The molecular weight excluding hydrogens is 268 g/mol. The zero-order valence-electron chi connectivity index (χ0n) is 9.80. The summed E-state index contributed by atoms with van der Waals surface area (Å²) in [5, 5.41) is 8.38. The van der Waals surface area contributed by atoms with Crippen molar-refractivity contribution in [1.29, 1.82) is 0 Å². The van der Waals surface area contributed by atoms with Crippen molar-refractivity contribution in [2.75, 3.05) is 0 Å². The maximum atomic E-state index is 10.4. The minimum absolute atomic E-state index is 0.0741. The van der Waals surface area contributed by atoms with Gasteiger partial charge in [0.25, 0.3) is 10.1 Å². The molecule has 0 aliphatic carbocycles. The Morgan fingerprint density at radius 1 is 0.842 bits per heavy atom. The van der Waals surface area contributed by atoms with Gasteiger partial charge in [-0.1, -0.05) is 36.4 Å². The van der Waals surface area contributed by atoms with E-state index < -0.39 is 16.1 Å². The molecule has 100 valence electrons. The van der Waals surface area contributed by atoms with Crippen LogP contribution in [0, 0.1) is 0 Å². The minimum Gasteiger partial charge on any atom is -0.478 e. The molecule has 2 aromatic rings. The number of carboxylic acids is 1. The molecule has 0 spiro atoms. The second-order valence-corrected chi connectivity index (χ2v) is 4.88. The molecule has 0 aromatic heterocycles. The summed E-state index contributed by atoms with van der Waals surface area (Å²) in [5.74, 6) is -0.879. The Hall–Kier alpha value is -2.18. The highest BCUT2D eigenvalue weighted by atomic mass is 32.2. The maximum absolute atomic E-state index is 10.4. The van der Waals surface area contributed by atoms with Crippen molar-refractivity contribution in [1.82, 2.24) is 0 Å². The fourth-order valence-electron chi connectivity index (χ4n) is 1.17. The number of hydrogen-bond donors (Lipinski definition) is 2. The molecule has 0 amide bonds. The number of rotatable bonds is 2. The van der Waals surface area contributed by atoms with Crippen LogP contribution in [0.4, 0.5) is 0 Å². The molecule has 0 saturated carbocycles. The standard InChI is InChI=1S/C7H6O2.C6H6O3S/c8-7(9)6-4-2-1-3-5-6;7-10(8,9)6-4-2-1-3-5-6/h1-5H,(H,8,9);1-5H,(H,7,8,9). The van der Waals surface area contributed by atoms with Gasteiger partial charge in [0.2, 0.25) is 0 Å². The summed E-state index contributed by atoms with van der Waals surface area (Å²) in [5.41, 5.74) is 0.331. The third kappa shape index (κ3) is 5.33. The number of carboxylic acid groups (broad SMARTS) is 1. The van der Waals surface area contributed by atoms with E-state index in [4.69, 9.17) is 9.66 Å². The quantitative estimate of drug-likeness (QED) is 0.824. The van der Waals surface area contributed by atoms with Gasteiger partial charge in [0.1, 0.15) is 0 Å². The van der Waals surface area contributed by atoms with E-state index in [-0.39, 0.29) is 4.90 Å². The normalized spacial score (nSPS) is 10.2. The highest BCUT2D eigenvalue weighted by molar-refractivity contribution is 7.85. The molecule has 0 radical (unpaired) electrons. The summed E-state index contributed by atoms with van der Waals surface area (Å²) in [6.07, 6.45) is 0. The molecule has 0 fully saturated rings. The van der Waals surface area contributed by atoms with Crippen molar-refractivity contribution in [2.45, 2.75) is 4.90 Å². The Morgan fingerprint density at radius 3 is 1.53 bits per heavy atom. The van der Waals surface area contributed by atoms with Gasteiger partial charge in [-0.15, -0.1) is 0 Å². The van der Waals surface area contributed by atoms with Gasteiger partial charge < -0.3 is 5.11 Å². The van der Waals surface area contributed by atoms with E-state index in [9.17, 15) is 13.2 Å². The van der Waals surface area contributed by atoms with Gasteiger partial charge in [-0.3, -0.25) is 4.55 Å². The zero-order chi connectivity index (χ0) is 14.3. The fourth-order valence-corrected chi connectivity index (χ4v) is 1.67. The van der Waals surface area contributed by atoms with Crippen LogP contribution in [0.2, 0.25) is 0 Å². The van der Waals surface area contributed by atoms with Crippen LogP contribution in [0.1, 0.15) is 10.4 Å². The topological polar surface area (TPSA) is 91.7 Å². The third-order valence-electron chi connectivity index (χ3n) is 2.06. The second-order valence-electron chi connectivity index (χ2n) is 3.46. The predicted molar refractivity (Wildman–Crippen MR) is 69.7 cm³/mol. The lowest BCUT2D eigenvalue weighted by molar-refractivity contribution is 0.0697. The maximum Gasteiger partial charge on any atom is 0.335 e. The molecule has 0 heterocycles. The van der Waals surface area contributed by atoms with Gasteiger partial charge in [-0.25, -0.2) is 4.79 Å². The van der Waals surface area contributed by atoms with E-state index in [1.54, 1.807) is 48.5 Å². The van der Waals surface area contributed by atoms with Crippen molar-refractivity contribution >= 4 is 16.1 Å². The molecule has 0 bridgehead atoms. The second kappa shape index (κ2) is 6.67. The highest BCUT2D eigenvalue weighted by Gasteiger charge is 2.05. The predicted octanol–water partition coefficient (Wildman–Crippen LogP) is 2.32. The first kappa shape index (κ1) is 14.9. The molecule has 2 N–H and O–H groups in total. The average Bonchev–Trinajstić information content (AvgIpc) is 2.40. The summed E-state index contributed by atoms with van der Waals surface area (Å²) in [7, 11) is -4.00. The van der Waals surface area contributed by atoms with Crippen LogP contribution in [0.5, 0.6) is 0 Å². The van der Waals surface area contributed by atoms with Gasteiger partial charge in [0, 0.05) is 0 Å². The number of benzene rings is 2. The molecular formula is C13H12O5S. The van der Waals surface area contributed by atoms with Crippen LogP contribution in [0.15, 0.2) is 65.6 Å². The summed E-state index contributed by atoms with van der Waals surface area (Å²) in [6, 6.07) is 15.7. The first-order valence-corrected chi connectivity index (χ1v) is 6.66. The van der Waals surface area contributed by atoms with Gasteiger partial charge in [0.05, 0.1) is 10.5 Å². The van der Waals surface area contributed by atoms with Gasteiger partial charge in [0.15, 0.2) is 0 Å². The summed E-state index contributed by atoms with van der Waals surface area (Å²) in [6.45, 7) is 0. The fraction of sp³-hybridized carbons (Fsp3) is 0. The van der Waals surface area contributed by atoms with E-state index in [1.807, 2.05) is 0 Å². The summed E-state index contributed by atoms with van der Waals surface area (Å²) >= 11 is 0. The van der Waals surface area contributed by atoms with Crippen LogP contribution in [-0.4, -0.2) is 24.0 Å². The van der Waals surface area contributed by atoms with E-state index in [0.717, 1.165) is 0 Å². The third-order valence-corrected chi connectivity index (χ3v) is 2.93. The van der Waals surface area contributed by atoms with Crippen molar-refractivity contribution in [3.63, 3.8) is 0 Å². The molecule has 2 rings (SSSR count). The van der Waals surface area contributed by atoms with Gasteiger partial charge in [-0.05, 0) is 24.3 Å². The molecule has 0 aliphatic rings. The molecule has 0 saturated heterocycles. The van der Waals surface area contributed by atoms with E-state index >= 15 is 0 Å². The van der Waals surface area contributed by atoms with Crippen LogP contribution in [0.25, 0.3) is 0 Å². The first-order chi connectivity index (χ1) is 8.91. The molecule has 19 heavy (non-hydrogen) atoms. The first-order valence-electron chi connectivity index (χ1n) is 5.22. The highest BCUT2D eigenvalue weighted by Crippen LogP contribution is 2.05. The Labute approximate surface area is 110 Å². The van der Waals surface area contributed by atoms with Crippen molar-refractivity contribution in [2.24, 2.45) is 0 Å². The minimum atomic E-state index is -4.00. The van der Waals surface area contributed by atoms with Crippen LogP contribution in [0.3, 0.4) is 0 Å². The van der Waals surface area contributed by atoms with Crippen molar-refractivity contribution < 1.29 is 22.9 Å². The molecule has 5 nitrogen and oxygen atoms in total. The van der Waals surface area contributed by atoms with Crippen LogP contribution >= 0.6 is 0 Å². The zero-order valence-corrected chi connectivity index (χ0v) is 10.6. The number of hydrogen-bond acceptors (Lipinski definition) is 3. The summed E-state index contributed by atoms with van der Waals surface area (Å²) < 4.78 is 29.2. The monoisotopic (exact) mass is 280 g/mol. The Kier molecular flexibility index (Phi) is 5.23. The average molecular weight is 280 g/mol. The largest absolute Gasteiger partial charge is 0.478 e. The van der Waals surface area contributed by atoms with Gasteiger partial charge >= 0.3 is 5.97 Å². The molecule has 0 unspecified atom stereocenters.